The van der Waals surface area contributed by atoms with Gasteiger partial charge >= 0.3 is 0 Å². The zero-order chi connectivity index (χ0) is 33.6. The fourth-order valence-corrected chi connectivity index (χ4v) is 8.00. The number of carbonyl (C=O) groups is 1. The molecule has 0 spiro atoms. The van der Waals surface area contributed by atoms with E-state index < -0.39 is 0 Å². The van der Waals surface area contributed by atoms with Crippen molar-refractivity contribution in [1.82, 2.24) is 39.5 Å². The number of carbonyl (C=O) groups excluding carboxylic acids is 1. The lowest BCUT2D eigenvalue weighted by molar-refractivity contribution is 0.0963. The van der Waals surface area contributed by atoms with Gasteiger partial charge in [-0.05, 0) is 81.3 Å². The molecule has 0 aliphatic heterocycles. The summed E-state index contributed by atoms with van der Waals surface area (Å²) in [4.78, 5) is 43.8. The molecule has 6 aromatic heterocycles. The zero-order valence-corrected chi connectivity index (χ0v) is 28.6. The number of hydrogen-bond acceptors (Lipinski definition) is 8. The second-order valence-corrected chi connectivity index (χ2v) is 14.1. The number of amides is 1. The Morgan fingerprint density at radius 3 is 2.84 bits per heavy atom. The number of nitrogens with zero attached hydrogens (tertiary/aromatic N) is 5. The topological polar surface area (TPSA) is 135 Å². The van der Waals surface area contributed by atoms with Gasteiger partial charge in [-0.1, -0.05) is 13.0 Å². The van der Waals surface area contributed by atoms with Gasteiger partial charge in [-0.25, -0.2) is 15.0 Å². The number of nitrogens with one attached hydrogen (secondary N) is 3. The van der Waals surface area contributed by atoms with Crippen molar-refractivity contribution in [3.8, 4) is 11.6 Å². The molecule has 6 heterocycles. The van der Waals surface area contributed by atoms with E-state index in [9.17, 15) is 9.59 Å². The fraction of sp³-hybridized carbons (Fsp3) is 0.324. The monoisotopic (exact) mass is 674 g/mol. The Balaban J connectivity index is 1.01. The van der Waals surface area contributed by atoms with Gasteiger partial charge in [0.05, 0.1) is 33.8 Å². The Bertz CT molecular complexity index is 2370. The van der Waals surface area contributed by atoms with Crippen LogP contribution in [0.3, 0.4) is 0 Å². The summed E-state index contributed by atoms with van der Waals surface area (Å²) in [5.74, 6) is 1.22. The van der Waals surface area contributed by atoms with E-state index in [1.165, 1.54) is 22.7 Å². The summed E-state index contributed by atoms with van der Waals surface area (Å²) in [6, 6.07) is 15.5. The van der Waals surface area contributed by atoms with Crippen LogP contribution in [0.25, 0.3) is 39.2 Å². The Morgan fingerprint density at radius 1 is 1.10 bits per heavy atom. The van der Waals surface area contributed by atoms with E-state index in [0.29, 0.717) is 46.7 Å². The van der Waals surface area contributed by atoms with Crippen molar-refractivity contribution in [3.63, 3.8) is 0 Å². The summed E-state index contributed by atoms with van der Waals surface area (Å²) in [7, 11) is 1.61. The zero-order valence-electron chi connectivity index (χ0n) is 27.7. The van der Waals surface area contributed by atoms with Gasteiger partial charge in [-0.3, -0.25) is 9.59 Å². The second kappa shape index (κ2) is 12.8. The molecule has 2 atom stereocenters. The Labute approximate surface area is 286 Å². The smallest absolute Gasteiger partial charge is 0.259 e. The molecule has 0 saturated carbocycles. The molecule has 3 N–H and O–H groups in total. The SMILES string of the molecule is CNC(=O)c1ccc2c(c1)nc(-c1cc3c(=O)[nH]ccc3o1)n2CC(C)CCc1cccc2nc(CN[C@@H](C)c3nc4c(s3)CCC4)cn12. The van der Waals surface area contributed by atoms with Gasteiger partial charge in [-0.15, -0.1) is 11.3 Å². The lowest BCUT2D eigenvalue weighted by Crippen LogP contribution is -2.18. The van der Waals surface area contributed by atoms with Crippen LogP contribution in [0.1, 0.15) is 70.1 Å². The second-order valence-electron chi connectivity index (χ2n) is 13.0. The van der Waals surface area contributed by atoms with Crippen molar-refractivity contribution < 1.29 is 9.21 Å². The van der Waals surface area contributed by atoms with Crippen LogP contribution < -0.4 is 16.2 Å². The predicted molar refractivity (Wildman–Crippen MR) is 191 cm³/mol. The number of aromatic nitrogens is 6. The lowest BCUT2D eigenvalue weighted by atomic mass is 10.0. The quantitative estimate of drug-likeness (QED) is 0.149. The van der Waals surface area contributed by atoms with Crippen molar-refractivity contribution in [1.29, 1.82) is 0 Å². The minimum atomic E-state index is -0.213. The molecule has 1 aliphatic carbocycles. The number of H-pyrrole nitrogens is 1. The third-order valence-electron chi connectivity index (χ3n) is 9.50. The molecule has 7 aromatic rings. The normalized spacial score (nSPS) is 14.2. The number of imidazole rings is 2. The highest BCUT2D eigenvalue weighted by Crippen LogP contribution is 2.32. The highest BCUT2D eigenvalue weighted by Gasteiger charge is 2.22. The minimum absolute atomic E-state index is 0.175. The van der Waals surface area contributed by atoms with E-state index in [1.54, 1.807) is 31.4 Å². The van der Waals surface area contributed by atoms with Gasteiger partial charge in [0, 0.05) is 54.7 Å². The molecule has 0 saturated heterocycles. The number of aromatic amines is 1. The van der Waals surface area contributed by atoms with E-state index in [4.69, 9.17) is 19.4 Å². The van der Waals surface area contributed by atoms with Crippen molar-refractivity contribution in [2.24, 2.45) is 5.92 Å². The van der Waals surface area contributed by atoms with Crippen LogP contribution >= 0.6 is 11.3 Å². The van der Waals surface area contributed by atoms with Crippen LogP contribution in [-0.2, 0) is 32.4 Å². The number of hydrogen-bond donors (Lipinski definition) is 3. The Hall–Kier alpha value is -5.07. The van der Waals surface area contributed by atoms with Crippen LogP contribution in [0.2, 0.25) is 0 Å². The first-order valence-corrected chi connectivity index (χ1v) is 17.7. The number of benzene rings is 1. The maximum atomic E-state index is 12.5. The lowest BCUT2D eigenvalue weighted by Gasteiger charge is -2.15. The molecular weight excluding hydrogens is 637 g/mol. The van der Waals surface area contributed by atoms with Crippen LogP contribution in [0.15, 0.2) is 70.1 Å². The molecule has 1 aromatic carbocycles. The molecule has 11 nitrogen and oxygen atoms in total. The van der Waals surface area contributed by atoms with Crippen molar-refractivity contribution in [2.75, 3.05) is 7.05 Å². The Kier molecular flexibility index (Phi) is 8.12. The predicted octanol–water partition coefficient (Wildman–Crippen LogP) is 6.21. The summed E-state index contributed by atoms with van der Waals surface area (Å²) in [5.41, 5.74) is 6.85. The van der Waals surface area contributed by atoms with Crippen LogP contribution in [0, 0.1) is 5.92 Å². The molecule has 1 aliphatic rings. The van der Waals surface area contributed by atoms with Gasteiger partial charge in [0.25, 0.3) is 11.5 Å². The molecular formula is C37H38N8O3S. The van der Waals surface area contributed by atoms with E-state index >= 15 is 0 Å². The van der Waals surface area contributed by atoms with E-state index in [0.717, 1.165) is 47.5 Å². The first-order chi connectivity index (χ1) is 23.8. The number of thiazole rings is 1. The van der Waals surface area contributed by atoms with Gasteiger partial charge in [0.2, 0.25) is 0 Å². The Morgan fingerprint density at radius 2 is 2.00 bits per heavy atom. The molecule has 1 amide bonds. The van der Waals surface area contributed by atoms with Gasteiger partial charge in [-0.2, -0.15) is 0 Å². The van der Waals surface area contributed by atoms with Gasteiger partial charge < -0.3 is 29.0 Å². The molecule has 1 unspecified atom stereocenters. The molecule has 0 bridgehead atoms. The summed E-state index contributed by atoms with van der Waals surface area (Å²) < 4.78 is 10.5. The molecule has 250 valence electrons. The van der Waals surface area contributed by atoms with Crippen LogP contribution in [0.5, 0.6) is 0 Å². The highest BCUT2D eigenvalue weighted by molar-refractivity contribution is 7.11. The van der Waals surface area contributed by atoms with Crippen molar-refractivity contribution in [2.45, 2.75) is 65.1 Å². The highest BCUT2D eigenvalue weighted by atomic mass is 32.1. The standard InChI is InChI=1S/C37H38N8O3S/c1-21(10-12-25-6-4-9-33-41-24(20-44(25)33)18-40-22(2)37-43-27-7-5-8-32(27)49-37)19-45-29-13-11-23(35(46)38-3)16-28(29)42-34(45)31-17-26-30(48-31)14-15-39-36(26)47/h4,6,9,11,13-17,20-22,40H,5,7-8,10,12,18-19H2,1-3H3,(H,38,46)(H,39,47)/t21?,22-/m0/s1. The maximum Gasteiger partial charge on any atom is 0.259 e. The van der Waals surface area contributed by atoms with Gasteiger partial charge in [0.1, 0.15) is 16.2 Å². The molecule has 12 heteroatoms. The number of fused-ring (bicyclic) bond motifs is 4. The average Bonchev–Trinajstić information content (AvgIpc) is 3.93. The van der Waals surface area contributed by atoms with Crippen LogP contribution in [-0.4, -0.2) is 41.9 Å². The first-order valence-electron chi connectivity index (χ1n) is 16.9. The summed E-state index contributed by atoms with van der Waals surface area (Å²) in [6.07, 6.45) is 9.01. The summed E-state index contributed by atoms with van der Waals surface area (Å²) >= 11 is 1.85. The fourth-order valence-electron chi connectivity index (χ4n) is 6.82. The van der Waals surface area contributed by atoms with Gasteiger partial charge in [0.15, 0.2) is 11.6 Å². The molecule has 8 rings (SSSR count). The number of furan rings is 1. The first kappa shape index (κ1) is 31.2. The van der Waals surface area contributed by atoms with E-state index in [-0.39, 0.29) is 23.4 Å². The molecule has 0 radical (unpaired) electrons. The number of rotatable bonds is 11. The van der Waals surface area contributed by atoms with E-state index in [1.807, 2.05) is 23.5 Å². The molecule has 49 heavy (non-hydrogen) atoms. The summed E-state index contributed by atoms with van der Waals surface area (Å²) in [5, 5.41) is 7.95. The third-order valence-corrected chi connectivity index (χ3v) is 10.8. The van der Waals surface area contributed by atoms with Crippen molar-refractivity contribution in [3.05, 3.63) is 104 Å². The summed E-state index contributed by atoms with van der Waals surface area (Å²) in [6.45, 7) is 5.76. The largest absolute Gasteiger partial charge is 0.453 e. The third kappa shape index (κ3) is 5.95. The van der Waals surface area contributed by atoms with Crippen molar-refractivity contribution >= 4 is 44.9 Å². The number of pyridine rings is 2. The minimum Gasteiger partial charge on any atom is -0.453 e. The van der Waals surface area contributed by atoms with Crippen LogP contribution in [0.4, 0.5) is 0 Å². The average molecular weight is 675 g/mol. The number of aryl methyl sites for hydroxylation is 3. The molecule has 0 fully saturated rings. The maximum absolute atomic E-state index is 12.5. The van der Waals surface area contributed by atoms with E-state index in [2.05, 4.69) is 62.8 Å².